The summed E-state index contributed by atoms with van der Waals surface area (Å²) in [6, 6.07) is -0.0961. The van der Waals surface area contributed by atoms with Gasteiger partial charge in [-0.15, -0.1) is 0 Å². The van der Waals surface area contributed by atoms with Gasteiger partial charge in [0.2, 0.25) is 0 Å². The molecule has 7 aliphatic rings. The van der Waals surface area contributed by atoms with Gasteiger partial charge in [0.1, 0.15) is 12.1 Å². The monoisotopic (exact) mass is 605 g/mol. The van der Waals surface area contributed by atoms with Crippen LogP contribution in [0.1, 0.15) is 114 Å². The van der Waals surface area contributed by atoms with Crippen LogP contribution < -0.4 is 5.32 Å². The molecule has 7 rings (SSSR count). The van der Waals surface area contributed by atoms with E-state index in [1.54, 1.807) is 13.8 Å². The number of hydrogen-bond donors (Lipinski definition) is 3. The van der Waals surface area contributed by atoms with E-state index in [2.05, 4.69) is 26.1 Å². The minimum Gasteiger partial charge on any atom is -0.461 e. The largest absolute Gasteiger partial charge is 0.461 e. The van der Waals surface area contributed by atoms with Gasteiger partial charge >= 0.3 is 11.9 Å². The van der Waals surface area contributed by atoms with Crippen molar-refractivity contribution in [2.24, 2.45) is 45.3 Å². The van der Waals surface area contributed by atoms with Gasteiger partial charge in [0, 0.05) is 20.9 Å². The molecule has 2 heterocycles. The van der Waals surface area contributed by atoms with Gasteiger partial charge in [-0.2, -0.15) is 0 Å². The zero-order chi connectivity index (χ0) is 31.2. The van der Waals surface area contributed by atoms with E-state index in [4.69, 9.17) is 19.3 Å². The van der Waals surface area contributed by atoms with Crippen LogP contribution in [0.25, 0.3) is 0 Å². The Bertz CT molecular complexity index is 1110. The molecule has 246 valence electrons. The Morgan fingerprint density at radius 3 is 2.28 bits per heavy atom. The van der Waals surface area contributed by atoms with E-state index in [0.29, 0.717) is 34.0 Å². The van der Waals surface area contributed by atoms with Crippen LogP contribution in [0.5, 0.6) is 0 Å². The molecule has 0 aromatic heterocycles. The van der Waals surface area contributed by atoms with Crippen molar-refractivity contribution in [1.29, 1.82) is 0 Å². The zero-order valence-electron chi connectivity index (χ0n) is 27.6. The third kappa shape index (κ3) is 4.66. The summed E-state index contributed by atoms with van der Waals surface area (Å²) in [6.45, 7) is 13.1. The van der Waals surface area contributed by atoms with Gasteiger partial charge in [0.05, 0.1) is 17.8 Å². The van der Waals surface area contributed by atoms with Crippen LogP contribution in [-0.2, 0) is 23.8 Å². The number of hydrogen-bond acceptors (Lipinski definition) is 8. The number of carbonyl (C=O) groups is 2. The van der Waals surface area contributed by atoms with E-state index in [0.717, 1.165) is 51.7 Å². The fourth-order valence-corrected chi connectivity index (χ4v) is 12.3. The Kier molecular flexibility index (Phi) is 7.88. The summed E-state index contributed by atoms with van der Waals surface area (Å²) in [5.41, 5.74) is 0.0240. The second-order valence-electron chi connectivity index (χ2n) is 16.7. The Morgan fingerprint density at radius 1 is 0.953 bits per heavy atom. The standard InChI is InChI=1S/C34H53NO6.CH4O.H2/c1-19(36)39-28(31(4,5)38)24-9-7-21-25(40-24)17-22-20-8-10-26-30(2,3)27(41-29(37)23-12-16-35-23)11-13-34(26)18-33(20,34)15-14-32(21,22)6;1-2;/h20-28,35,38H,7-18H2,1-6H3;2H,1H3;1H/t20?,21?,22?,23?,24?,25?,26?,27-,28-,32+,33?,34+;;/m0../s1. The molecule has 8 heteroatoms. The maximum absolute atomic E-state index is 12.8. The van der Waals surface area contributed by atoms with E-state index in [9.17, 15) is 14.7 Å². The molecular weight excluding hydrogens is 546 g/mol. The normalized spacial score (nSPS) is 47.8. The van der Waals surface area contributed by atoms with Crippen molar-refractivity contribution in [3.05, 3.63) is 0 Å². The Balaban J connectivity index is 0.00000126. The molecule has 5 aliphatic carbocycles. The SMILES string of the molecule is CC(=O)O[C@@H](C1CCC2C(CC3C4CCC5C(C)(C)[C@@H](OC(=O)C6CCN6)CC[C@@]56CC46CC[C@]23C)O1)C(C)(C)O.CO.[HH]. The van der Waals surface area contributed by atoms with Crippen LogP contribution in [0.4, 0.5) is 0 Å². The van der Waals surface area contributed by atoms with Crippen molar-refractivity contribution >= 4 is 11.9 Å². The highest BCUT2D eigenvalue weighted by Crippen LogP contribution is 2.87. The van der Waals surface area contributed by atoms with Crippen LogP contribution in [-0.4, -0.2) is 71.9 Å². The Labute approximate surface area is 259 Å². The molecular formula is C35H59NO7. The van der Waals surface area contributed by atoms with E-state index < -0.39 is 11.7 Å². The molecule has 8 unspecified atom stereocenters. The summed E-state index contributed by atoms with van der Waals surface area (Å²) in [7, 11) is 1.00. The summed E-state index contributed by atoms with van der Waals surface area (Å²) in [5.74, 6) is 2.18. The summed E-state index contributed by atoms with van der Waals surface area (Å²) in [6.07, 6.45) is 11.9. The highest BCUT2D eigenvalue weighted by molar-refractivity contribution is 5.77. The molecule has 0 aromatic rings. The van der Waals surface area contributed by atoms with Crippen molar-refractivity contribution in [1.82, 2.24) is 5.32 Å². The zero-order valence-corrected chi connectivity index (χ0v) is 27.6. The van der Waals surface area contributed by atoms with E-state index >= 15 is 0 Å². The summed E-state index contributed by atoms with van der Waals surface area (Å²) >= 11 is 0. The summed E-state index contributed by atoms with van der Waals surface area (Å²) < 4.78 is 18.7. The molecule has 12 atom stereocenters. The molecule has 0 aromatic carbocycles. The minimum absolute atomic E-state index is 0. The second kappa shape index (κ2) is 10.7. The number of aliphatic hydroxyl groups excluding tert-OH is 1. The lowest BCUT2D eigenvalue weighted by atomic mass is 9.46. The van der Waals surface area contributed by atoms with Gasteiger partial charge in [0.15, 0.2) is 6.10 Å². The first-order valence-corrected chi connectivity index (χ1v) is 17.2. The molecule has 2 saturated heterocycles. The fourth-order valence-electron chi connectivity index (χ4n) is 12.3. The van der Waals surface area contributed by atoms with E-state index in [1.165, 1.54) is 45.4 Å². The smallest absolute Gasteiger partial charge is 0.323 e. The topological polar surface area (TPSA) is 114 Å². The van der Waals surface area contributed by atoms with Crippen LogP contribution >= 0.6 is 0 Å². The lowest BCUT2D eigenvalue weighted by molar-refractivity contribution is -0.200. The lowest BCUT2D eigenvalue weighted by Crippen LogP contribution is -2.56. The van der Waals surface area contributed by atoms with Gasteiger partial charge in [-0.1, -0.05) is 20.8 Å². The molecule has 43 heavy (non-hydrogen) atoms. The lowest BCUT2D eigenvalue weighted by Gasteiger charge is -2.59. The highest BCUT2D eigenvalue weighted by Gasteiger charge is 2.81. The van der Waals surface area contributed by atoms with Gasteiger partial charge in [-0.05, 0) is 131 Å². The van der Waals surface area contributed by atoms with Crippen molar-refractivity contribution in [3.63, 3.8) is 0 Å². The fraction of sp³-hybridized carbons (Fsp3) is 0.943. The Morgan fingerprint density at radius 2 is 1.65 bits per heavy atom. The molecule has 0 amide bonds. The molecule has 7 fully saturated rings. The second-order valence-corrected chi connectivity index (χ2v) is 16.7. The minimum atomic E-state index is -1.14. The number of nitrogens with one attached hydrogen (secondary N) is 1. The first-order chi connectivity index (χ1) is 20.2. The predicted molar refractivity (Wildman–Crippen MR) is 164 cm³/mol. The van der Waals surface area contributed by atoms with Gasteiger partial charge in [0.25, 0.3) is 0 Å². The quantitative estimate of drug-likeness (QED) is 0.374. The molecule has 2 aliphatic heterocycles. The van der Waals surface area contributed by atoms with Crippen molar-refractivity contribution in [2.75, 3.05) is 13.7 Å². The highest BCUT2D eigenvalue weighted by atomic mass is 16.6. The number of esters is 2. The summed E-state index contributed by atoms with van der Waals surface area (Å²) in [5, 5.41) is 21.1. The van der Waals surface area contributed by atoms with Crippen molar-refractivity contribution < 1.29 is 35.4 Å². The third-order valence-corrected chi connectivity index (χ3v) is 14.3. The number of rotatable bonds is 5. The van der Waals surface area contributed by atoms with Crippen LogP contribution in [0.2, 0.25) is 0 Å². The predicted octanol–water partition coefficient (Wildman–Crippen LogP) is 5.02. The first-order valence-electron chi connectivity index (χ1n) is 17.2. The molecule has 8 nitrogen and oxygen atoms in total. The average molecular weight is 606 g/mol. The van der Waals surface area contributed by atoms with Crippen molar-refractivity contribution in [3.8, 4) is 0 Å². The van der Waals surface area contributed by atoms with Gasteiger partial charge in [-0.25, -0.2) is 0 Å². The van der Waals surface area contributed by atoms with Gasteiger partial charge < -0.3 is 29.7 Å². The van der Waals surface area contributed by atoms with Gasteiger partial charge in [-0.3, -0.25) is 9.59 Å². The van der Waals surface area contributed by atoms with E-state index in [1.807, 2.05) is 0 Å². The van der Waals surface area contributed by atoms with Crippen LogP contribution in [0.15, 0.2) is 0 Å². The maximum atomic E-state index is 12.8. The number of carbonyl (C=O) groups excluding carboxylic acids is 2. The number of aliphatic hydroxyl groups is 2. The average Bonchev–Trinajstić information content (AvgIpc) is 3.48. The van der Waals surface area contributed by atoms with E-state index in [-0.39, 0.29) is 43.1 Å². The summed E-state index contributed by atoms with van der Waals surface area (Å²) in [4.78, 5) is 24.7. The third-order valence-electron chi connectivity index (χ3n) is 14.3. The Hall–Kier alpha value is -1.22. The molecule has 2 spiro atoms. The molecule has 3 N–H and O–H groups in total. The number of fused-ring (bicyclic) bond motifs is 4. The number of ether oxygens (including phenoxy) is 3. The first kappa shape index (κ1) is 31.7. The van der Waals surface area contributed by atoms with Crippen LogP contribution in [0.3, 0.4) is 0 Å². The maximum Gasteiger partial charge on any atom is 0.323 e. The van der Waals surface area contributed by atoms with Crippen molar-refractivity contribution in [2.45, 2.75) is 148 Å². The molecule has 0 bridgehead atoms. The molecule has 5 saturated carbocycles. The van der Waals surface area contributed by atoms with Crippen LogP contribution in [0, 0.1) is 45.3 Å². The molecule has 0 radical (unpaired) electrons.